The van der Waals surface area contributed by atoms with Gasteiger partial charge in [0.05, 0.1) is 9.82 Å². The van der Waals surface area contributed by atoms with Crippen LogP contribution >= 0.6 is 11.6 Å². The molecule has 0 atom stereocenters. The number of rotatable bonds is 5. The number of nitro groups is 1. The van der Waals surface area contributed by atoms with E-state index in [0.717, 1.165) is 29.9 Å². The molecule has 0 bridgehead atoms. The summed E-state index contributed by atoms with van der Waals surface area (Å²) in [4.78, 5) is 22.3. The molecule has 12 heteroatoms. The quantitative estimate of drug-likeness (QED) is 0.446. The van der Waals surface area contributed by atoms with Gasteiger partial charge in [-0.3, -0.25) is 14.9 Å². The van der Waals surface area contributed by atoms with Crippen LogP contribution in [0.25, 0.3) is 5.69 Å². The van der Waals surface area contributed by atoms with Gasteiger partial charge in [-0.15, -0.1) is 0 Å². The first-order chi connectivity index (χ1) is 13.6. The largest absolute Gasteiger partial charge is 0.289 e. The zero-order chi connectivity index (χ0) is 21.3. The fourth-order valence-corrected chi connectivity index (χ4v) is 3.75. The standard InChI is InChI=1S/C17H12ClFN4O5S/c1-21(29(27,28)11-6-7-12(18)16(10-11)23(25)26)17(24)14-8-9-22(20-14)15-5-3-2-4-13(15)19/h2-10H,1H3. The molecular formula is C17H12ClFN4O5S. The van der Waals surface area contributed by atoms with Gasteiger partial charge in [0.1, 0.15) is 16.5 Å². The molecule has 9 nitrogen and oxygen atoms in total. The van der Waals surface area contributed by atoms with Gasteiger partial charge < -0.3 is 0 Å². The molecular weight excluding hydrogens is 427 g/mol. The summed E-state index contributed by atoms with van der Waals surface area (Å²) in [6.07, 6.45) is 1.30. The third-order valence-corrected chi connectivity index (χ3v) is 6.02. The minimum Gasteiger partial charge on any atom is -0.266 e. The summed E-state index contributed by atoms with van der Waals surface area (Å²) in [5.41, 5.74) is -0.800. The molecule has 0 aliphatic rings. The first kappa shape index (κ1) is 20.4. The Morgan fingerprint density at radius 2 is 1.93 bits per heavy atom. The number of aromatic nitrogens is 2. The Labute approximate surface area is 169 Å². The Balaban J connectivity index is 1.93. The molecule has 0 aliphatic carbocycles. The SMILES string of the molecule is CN(C(=O)c1ccn(-c2ccccc2F)n1)S(=O)(=O)c1ccc(Cl)c([N+](=O)[O-])c1. The second-order valence-electron chi connectivity index (χ2n) is 5.74. The van der Waals surface area contributed by atoms with Crippen LogP contribution < -0.4 is 0 Å². The highest BCUT2D eigenvalue weighted by molar-refractivity contribution is 7.89. The van der Waals surface area contributed by atoms with Crippen LogP contribution in [0.1, 0.15) is 10.5 Å². The number of halogens is 2. The number of nitro benzene ring substituents is 1. The normalized spacial score (nSPS) is 11.3. The van der Waals surface area contributed by atoms with Gasteiger partial charge in [-0.25, -0.2) is 21.8 Å². The molecule has 0 spiro atoms. The topological polar surface area (TPSA) is 115 Å². The summed E-state index contributed by atoms with van der Waals surface area (Å²) in [5, 5.41) is 14.7. The minimum absolute atomic E-state index is 0.0744. The lowest BCUT2D eigenvalue weighted by atomic mass is 10.3. The van der Waals surface area contributed by atoms with E-state index in [-0.39, 0.29) is 16.4 Å². The Bertz CT molecular complexity index is 1230. The third kappa shape index (κ3) is 3.82. The highest BCUT2D eigenvalue weighted by Crippen LogP contribution is 2.28. The number of nitrogens with zero attached hydrogens (tertiary/aromatic N) is 4. The molecule has 2 aromatic carbocycles. The van der Waals surface area contributed by atoms with E-state index in [9.17, 15) is 27.7 Å². The minimum atomic E-state index is -4.43. The Hall–Kier alpha value is -3.31. The summed E-state index contributed by atoms with van der Waals surface area (Å²) >= 11 is 5.69. The zero-order valence-corrected chi connectivity index (χ0v) is 16.3. The van der Waals surface area contributed by atoms with Crippen molar-refractivity contribution in [1.29, 1.82) is 0 Å². The average Bonchev–Trinajstić information content (AvgIpc) is 3.17. The van der Waals surface area contributed by atoms with Gasteiger partial charge >= 0.3 is 0 Å². The lowest BCUT2D eigenvalue weighted by Crippen LogP contribution is -2.33. The van der Waals surface area contributed by atoms with Gasteiger partial charge in [-0.05, 0) is 30.3 Å². The van der Waals surface area contributed by atoms with Crippen LogP contribution in [0, 0.1) is 15.9 Å². The van der Waals surface area contributed by atoms with E-state index in [4.69, 9.17) is 11.6 Å². The van der Waals surface area contributed by atoms with Crippen molar-refractivity contribution in [2.45, 2.75) is 4.90 Å². The third-order valence-electron chi connectivity index (χ3n) is 3.97. The van der Waals surface area contributed by atoms with Gasteiger partial charge in [0.15, 0.2) is 5.69 Å². The second kappa shape index (κ2) is 7.60. The Morgan fingerprint density at radius 1 is 1.24 bits per heavy atom. The molecule has 3 aromatic rings. The van der Waals surface area contributed by atoms with E-state index in [1.54, 1.807) is 6.07 Å². The van der Waals surface area contributed by atoms with Crippen molar-refractivity contribution in [2.75, 3.05) is 7.05 Å². The average molecular weight is 439 g/mol. The highest BCUT2D eigenvalue weighted by atomic mass is 35.5. The summed E-state index contributed by atoms with van der Waals surface area (Å²) in [6.45, 7) is 0. The maximum Gasteiger partial charge on any atom is 0.289 e. The summed E-state index contributed by atoms with van der Waals surface area (Å²) < 4.78 is 40.8. The molecule has 1 amide bonds. The van der Waals surface area contributed by atoms with Crippen molar-refractivity contribution in [3.05, 3.63) is 81.4 Å². The fraction of sp³-hybridized carbons (Fsp3) is 0.0588. The van der Waals surface area contributed by atoms with Crippen molar-refractivity contribution >= 4 is 33.2 Å². The van der Waals surface area contributed by atoms with Crippen molar-refractivity contribution in [3.8, 4) is 5.69 Å². The van der Waals surface area contributed by atoms with Crippen LogP contribution in [0.15, 0.2) is 59.6 Å². The van der Waals surface area contributed by atoms with Crippen LogP contribution in [-0.2, 0) is 10.0 Å². The van der Waals surface area contributed by atoms with Gasteiger partial charge in [-0.2, -0.15) is 5.10 Å². The first-order valence-corrected chi connectivity index (χ1v) is 9.72. The van der Waals surface area contributed by atoms with E-state index in [0.29, 0.717) is 4.31 Å². The lowest BCUT2D eigenvalue weighted by Gasteiger charge is -2.16. The summed E-state index contributed by atoms with van der Waals surface area (Å²) in [5.74, 6) is -1.58. The van der Waals surface area contributed by atoms with Crippen molar-refractivity contribution < 1.29 is 22.5 Å². The molecule has 150 valence electrons. The van der Waals surface area contributed by atoms with Crippen molar-refractivity contribution in [2.24, 2.45) is 0 Å². The number of amides is 1. The predicted molar refractivity (Wildman–Crippen MR) is 101 cm³/mol. The van der Waals surface area contributed by atoms with Gasteiger partial charge in [0.25, 0.3) is 21.6 Å². The number of para-hydroxylation sites is 1. The van der Waals surface area contributed by atoms with Crippen LogP contribution in [0.4, 0.5) is 10.1 Å². The van der Waals surface area contributed by atoms with Crippen LogP contribution in [0.3, 0.4) is 0 Å². The number of sulfonamides is 1. The van der Waals surface area contributed by atoms with Gasteiger partial charge in [0, 0.05) is 19.3 Å². The van der Waals surface area contributed by atoms with E-state index >= 15 is 0 Å². The van der Waals surface area contributed by atoms with Crippen LogP contribution in [-0.4, -0.2) is 40.4 Å². The molecule has 29 heavy (non-hydrogen) atoms. The number of hydrogen-bond acceptors (Lipinski definition) is 6. The molecule has 3 rings (SSSR count). The smallest absolute Gasteiger partial charge is 0.266 e. The number of carbonyl (C=O) groups excluding carboxylic acids is 1. The maximum atomic E-state index is 13.9. The van der Waals surface area contributed by atoms with E-state index in [1.165, 1.54) is 30.5 Å². The number of carbonyl (C=O) groups is 1. The first-order valence-electron chi connectivity index (χ1n) is 7.90. The van der Waals surface area contributed by atoms with Crippen LogP contribution in [0.2, 0.25) is 5.02 Å². The van der Waals surface area contributed by atoms with Crippen molar-refractivity contribution in [3.63, 3.8) is 0 Å². The molecule has 0 saturated heterocycles. The number of benzene rings is 2. The molecule has 1 aromatic heterocycles. The van der Waals surface area contributed by atoms with E-state index in [1.807, 2.05) is 0 Å². The molecule has 1 heterocycles. The molecule has 0 unspecified atom stereocenters. The zero-order valence-electron chi connectivity index (χ0n) is 14.7. The van der Waals surface area contributed by atoms with Crippen molar-refractivity contribution in [1.82, 2.24) is 14.1 Å². The molecule has 0 fully saturated rings. The highest BCUT2D eigenvalue weighted by Gasteiger charge is 2.30. The Kier molecular flexibility index (Phi) is 5.36. The predicted octanol–water partition coefficient (Wildman–Crippen LogP) is 3.03. The fourth-order valence-electron chi connectivity index (χ4n) is 2.43. The molecule has 0 N–H and O–H groups in total. The van der Waals surface area contributed by atoms with E-state index in [2.05, 4.69) is 5.10 Å². The maximum absolute atomic E-state index is 13.9. The Morgan fingerprint density at radius 3 is 2.59 bits per heavy atom. The summed E-state index contributed by atoms with van der Waals surface area (Å²) in [6, 6.07) is 9.80. The van der Waals surface area contributed by atoms with Gasteiger partial charge in [-0.1, -0.05) is 23.7 Å². The monoisotopic (exact) mass is 438 g/mol. The lowest BCUT2D eigenvalue weighted by molar-refractivity contribution is -0.384. The summed E-state index contributed by atoms with van der Waals surface area (Å²) in [7, 11) is -3.44. The second-order valence-corrected chi connectivity index (χ2v) is 8.12. The van der Waals surface area contributed by atoms with E-state index < -0.39 is 37.3 Å². The van der Waals surface area contributed by atoms with Crippen LogP contribution in [0.5, 0.6) is 0 Å². The molecule has 0 radical (unpaired) electrons. The van der Waals surface area contributed by atoms with Gasteiger partial charge in [0.2, 0.25) is 0 Å². The molecule has 0 saturated carbocycles. The number of hydrogen-bond donors (Lipinski definition) is 0. The molecule has 0 aliphatic heterocycles.